The van der Waals surface area contributed by atoms with Crippen molar-refractivity contribution in [3.8, 4) is 0 Å². The molecule has 15 heavy (non-hydrogen) atoms. The zero-order chi connectivity index (χ0) is 10.7. The molecule has 2 rings (SSSR count). The number of hydrogen-bond donors (Lipinski definition) is 0. The minimum Gasteiger partial charge on any atom is -0.467 e. The van der Waals surface area contributed by atoms with Gasteiger partial charge in [-0.15, -0.1) is 10.2 Å². The maximum Gasteiger partial charge on any atom is 0.191 e. The van der Waals surface area contributed by atoms with Crippen LogP contribution >= 0.6 is 11.8 Å². The molecule has 0 bridgehead atoms. The lowest BCUT2D eigenvalue weighted by Crippen LogP contribution is -2.01. The molecule has 4 nitrogen and oxygen atoms in total. The number of furan rings is 1. The van der Waals surface area contributed by atoms with Crippen LogP contribution in [0.5, 0.6) is 0 Å². The number of aromatic nitrogens is 3. The van der Waals surface area contributed by atoms with Gasteiger partial charge in [0, 0.05) is 5.25 Å². The number of thioether (sulfide) groups is 1. The molecular formula is C10H13N3OS. The number of nitrogens with zero attached hydrogens (tertiary/aromatic N) is 3. The van der Waals surface area contributed by atoms with Gasteiger partial charge in [0.25, 0.3) is 0 Å². The van der Waals surface area contributed by atoms with Crippen LogP contribution < -0.4 is 0 Å². The van der Waals surface area contributed by atoms with Crippen LogP contribution in [0.3, 0.4) is 0 Å². The van der Waals surface area contributed by atoms with Gasteiger partial charge in [0.1, 0.15) is 12.1 Å². The van der Waals surface area contributed by atoms with Gasteiger partial charge in [-0.05, 0) is 12.1 Å². The van der Waals surface area contributed by atoms with Crippen LogP contribution in [0, 0.1) is 0 Å². The van der Waals surface area contributed by atoms with E-state index in [1.54, 1.807) is 24.4 Å². The molecule has 0 aromatic carbocycles. The minimum atomic E-state index is 0.504. The van der Waals surface area contributed by atoms with Crippen LogP contribution in [0.2, 0.25) is 0 Å². The summed E-state index contributed by atoms with van der Waals surface area (Å²) in [6, 6.07) is 3.83. The Morgan fingerprint density at radius 1 is 1.53 bits per heavy atom. The van der Waals surface area contributed by atoms with Gasteiger partial charge < -0.3 is 8.98 Å². The SMILES string of the molecule is CC(C)Sc1nncn1Cc1ccco1. The largest absolute Gasteiger partial charge is 0.467 e. The molecule has 2 aromatic rings. The molecule has 0 radical (unpaired) electrons. The van der Waals surface area contributed by atoms with Gasteiger partial charge in [-0.25, -0.2) is 0 Å². The summed E-state index contributed by atoms with van der Waals surface area (Å²) in [5.41, 5.74) is 0. The maximum absolute atomic E-state index is 5.28. The lowest BCUT2D eigenvalue weighted by Gasteiger charge is -2.05. The van der Waals surface area contributed by atoms with E-state index >= 15 is 0 Å². The van der Waals surface area contributed by atoms with Crippen molar-refractivity contribution in [3.63, 3.8) is 0 Å². The second kappa shape index (κ2) is 4.53. The van der Waals surface area contributed by atoms with Crippen molar-refractivity contribution in [3.05, 3.63) is 30.5 Å². The predicted molar refractivity (Wildman–Crippen MR) is 58.8 cm³/mol. The average Bonchev–Trinajstić information content (AvgIpc) is 2.78. The summed E-state index contributed by atoms with van der Waals surface area (Å²) in [5.74, 6) is 0.917. The normalized spacial score (nSPS) is 11.1. The molecule has 0 saturated heterocycles. The first-order valence-corrected chi connectivity index (χ1v) is 5.70. The lowest BCUT2D eigenvalue weighted by molar-refractivity contribution is 0.484. The molecule has 0 spiro atoms. The van der Waals surface area contributed by atoms with Crippen LogP contribution in [-0.2, 0) is 6.54 Å². The van der Waals surface area contributed by atoms with Crippen LogP contribution in [-0.4, -0.2) is 20.0 Å². The highest BCUT2D eigenvalue weighted by atomic mass is 32.2. The van der Waals surface area contributed by atoms with Crippen LogP contribution in [0.1, 0.15) is 19.6 Å². The van der Waals surface area contributed by atoms with Gasteiger partial charge in [0.15, 0.2) is 5.16 Å². The zero-order valence-electron chi connectivity index (χ0n) is 8.75. The third kappa shape index (κ3) is 2.62. The van der Waals surface area contributed by atoms with Gasteiger partial charge >= 0.3 is 0 Å². The summed E-state index contributed by atoms with van der Waals surface area (Å²) < 4.78 is 7.27. The molecule has 0 aliphatic carbocycles. The Morgan fingerprint density at radius 3 is 3.07 bits per heavy atom. The second-order valence-electron chi connectivity index (χ2n) is 3.49. The monoisotopic (exact) mass is 223 g/mol. The summed E-state index contributed by atoms with van der Waals surface area (Å²) in [7, 11) is 0. The standard InChI is InChI=1S/C10H13N3OS/c1-8(2)15-10-12-11-7-13(10)6-9-4-3-5-14-9/h3-5,7-8H,6H2,1-2H3. The fraction of sp³-hybridized carbons (Fsp3) is 0.400. The summed E-state index contributed by atoms with van der Waals surface area (Å²) in [5, 5.41) is 9.41. The molecule has 0 fully saturated rings. The molecule has 0 atom stereocenters. The third-order valence-corrected chi connectivity index (χ3v) is 2.83. The molecule has 80 valence electrons. The molecule has 2 aromatic heterocycles. The van der Waals surface area contributed by atoms with Crippen molar-refractivity contribution in [1.29, 1.82) is 0 Å². The van der Waals surface area contributed by atoms with Crippen molar-refractivity contribution in [2.75, 3.05) is 0 Å². The first-order valence-electron chi connectivity index (χ1n) is 4.82. The highest BCUT2D eigenvalue weighted by Gasteiger charge is 2.08. The Bertz CT molecular complexity index is 408. The lowest BCUT2D eigenvalue weighted by atomic mass is 10.4. The van der Waals surface area contributed by atoms with E-state index in [2.05, 4.69) is 24.0 Å². The van der Waals surface area contributed by atoms with Gasteiger partial charge in [-0.3, -0.25) is 0 Å². The smallest absolute Gasteiger partial charge is 0.191 e. The Balaban J connectivity index is 2.11. The van der Waals surface area contributed by atoms with Gasteiger partial charge in [0.2, 0.25) is 0 Å². The third-order valence-electron chi connectivity index (χ3n) is 1.83. The molecule has 0 amide bonds. The zero-order valence-corrected chi connectivity index (χ0v) is 9.57. The summed E-state index contributed by atoms with van der Waals surface area (Å²) in [6.45, 7) is 4.96. The highest BCUT2D eigenvalue weighted by Crippen LogP contribution is 2.20. The van der Waals surface area contributed by atoms with E-state index in [0.29, 0.717) is 11.8 Å². The molecule has 0 saturated carbocycles. The Morgan fingerprint density at radius 2 is 2.40 bits per heavy atom. The summed E-state index contributed by atoms with van der Waals surface area (Å²) >= 11 is 1.70. The first-order chi connectivity index (χ1) is 7.25. The summed E-state index contributed by atoms with van der Waals surface area (Å²) in [4.78, 5) is 0. The fourth-order valence-corrected chi connectivity index (χ4v) is 1.99. The van der Waals surface area contributed by atoms with E-state index in [4.69, 9.17) is 4.42 Å². The maximum atomic E-state index is 5.28. The Kier molecular flexibility index (Phi) is 3.11. The molecule has 5 heteroatoms. The number of hydrogen-bond acceptors (Lipinski definition) is 4. The molecule has 2 heterocycles. The Labute approximate surface area is 92.7 Å². The average molecular weight is 223 g/mol. The van der Waals surface area contributed by atoms with Crippen molar-refractivity contribution in [2.45, 2.75) is 30.8 Å². The van der Waals surface area contributed by atoms with Crippen LogP contribution in [0.15, 0.2) is 34.3 Å². The van der Waals surface area contributed by atoms with Crippen LogP contribution in [0.4, 0.5) is 0 Å². The van der Waals surface area contributed by atoms with Crippen molar-refractivity contribution in [2.24, 2.45) is 0 Å². The Hall–Kier alpha value is -1.23. The minimum absolute atomic E-state index is 0.504. The predicted octanol–water partition coefficient (Wildman–Crippen LogP) is 2.42. The van der Waals surface area contributed by atoms with Crippen molar-refractivity contribution < 1.29 is 4.42 Å². The van der Waals surface area contributed by atoms with E-state index in [9.17, 15) is 0 Å². The molecular weight excluding hydrogens is 210 g/mol. The first kappa shape index (κ1) is 10.3. The highest BCUT2D eigenvalue weighted by molar-refractivity contribution is 7.99. The molecule has 0 aliphatic rings. The van der Waals surface area contributed by atoms with Gasteiger partial charge in [0.05, 0.1) is 12.8 Å². The van der Waals surface area contributed by atoms with E-state index in [-0.39, 0.29) is 0 Å². The van der Waals surface area contributed by atoms with E-state index in [1.807, 2.05) is 16.7 Å². The van der Waals surface area contributed by atoms with Crippen molar-refractivity contribution in [1.82, 2.24) is 14.8 Å². The van der Waals surface area contributed by atoms with Crippen molar-refractivity contribution >= 4 is 11.8 Å². The van der Waals surface area contributed by atoms with Gasteiger partial charge in [-0.1, -0.05) is 25.6 Å². The van der Waals surface area contributed by atoms with E-state index in [1.165, 1.54) is 0 Å². The van der Waals surface area contributed by atoms with E-state index in [0.717, 1.165) is 10.9 Å². The van der Waals surface area contributed by atoms with Gasteiger partial charge in [-0.2, -0.15) is 0 Å². The topological polar surface area (TPSA) is 43.9 Å². The molecule has 0 N–H and O–H groups in total. The second-order valence-corrected chi connectivity index (χ2v) is 5.03. The van der Waals surface area contributed by atoms with Crippen LogP contribution in [0.25, 0.3) is 0 Å². The van der Waals surface area contributed by atoms with E-state index < -0.39 is 0 Å². The fourth-order valence-electron chi connectivity index (χ4n) is 1.23. The summed E-state index contributed by atoms with van der Waals surface area (Å²) in [6.07, 6.45) is 3.40. The molecule has 0 unspecified atom stereocenters. The quantitative estimate of drug-likeness (QED) is 0.747. The number of rotatable bonds is 4. The molecule has 0 aliphatic heterocycles.